The predicted octanol–water partition coefficient (Wildman–Crippen LogP) is 3.31. The Balaban J connectivity index is 1.48. The number of aliphatic imine (C=N–C) groups is 1. The highest BCUT2D eigenvalue weighted by Gasteiger charge is 2.30. The Bertz CT molecular complexity index is 911. The molecule has 166 valence electrons. The van der Waals surface area contributed by atoms with Crippen LogP contribution in [0.1, 0.15) is 24.0 Å². The molecule has 1 aliphatic heterocycles. The van der Waals surface area contributed by atoms with Crippen LogP contribution in [0, 0.1) is 0 Å². The van der Waals surface area contributed by atoms with Gasteiger partial charge in [0.1, 0.15) is 11.9 Å². The zero-order valence-electron chi connectivity index (χ0n) is 16.6. The lowest BCUT2D eigenvalue weighted by atomic mass is 10.2. The summed E-state index contributed by atoms with van der Waals surface area (Å²) in [5.41, 5.74) is 8.08. The quantitative estimate of drug-likeness (QED) is 0.457. The number of carbonyl (C=O) groups excluding carboxylic acids is 1. The number of halogens is 3. The minimum atomic E-state index is -4.72. The zero-order valence-corrected chi connectivity index (χ0v) is 16.6. The van der Waals surface area contributed by atoms with Crippen molar-refractivity contribution in [2.45, 2.75) is 38.4 Å². The van der Waals surface area contributed by atoms with Crippen LogP contribution in [0.3, 0.4) is 0 Å². The van der Waals surface area contributed by atoms with Crippen molar-refractivity contribution in [2.75, 3.05) is 11.9 Å². The van der Waals surface area contributed by atoms with Crippen molar-refractivity contribution >= 4 is 17.6 Å². The summed E-state index contributed by atoms with van der Waals surface area (Å²) in [6.07, 6.45) is -3.53. The summed E-state index contributed by atoms with van der Waals surface area (Å²) in [4.78, 5) is 16.4. The number of nitrogens with one attached hydrogen (secondary N) is 2. The topological polar surface area (TPSA) is 98.0 Å². The number of nitrogens with two attached hydrogens (primary N) is 1. The minimum absolute atomic E-state index is 0.161. The minimum Gasteiger partial charge on any atom is -0.406 e. The van der Waals surface area contributed by atoms with Crippen LogP contribution in [-0.2, 0) is 22.6 Å². The highest BCUT2D eigenvalue weighted by Crippen LogP contribution is 2.22. The molecule has 1 atom stereocenters. The van der Waals surface area contributed by atoms with E-state index in [9.17, 15) is 18.0 Å². The smallest absolute Gasteiger partial charge is 0.406 e. The van der Waals surface area contributed by atoms with Gasteiger partial charge in [-0.3, -0.25) is 4.79 Å². The number of ether oxygens (including phenoxy) is 2. The third-order valence-corrected chi connectivity index (χ3v) is 4.48. The first kappa shape index (κ1) is 22.4. The van der Waals surface area contributed by atoms with E-state index in [1.165, 1.54) is 24.3 Å². The zero-order chi connectivity index (χ0) is 22.3. The van der Waals surface area contributed by atoms with E-state index in [1.807, 2.05) is 18.2 Å². The molecule has 4 N–H and O–H groups in total. The summed E-state index contributed by atoms with van der Waals surface area (Å²) in [5, 5.41) is 5.74. The van der Waals surface area contributed by atoms with Crippen molar-refractivity contribution in [1.82, 2.24) is 5.32 Å². The molecule has 2 aromatic carbocycles. The highest BCUT2D eigenvalue weighted by molar-refractivity contribution is 5.94. The maximum atomic E-state index is 12.2. The Kier molecular flexibility index (Phi) is 7.35. The molecule has 1 amide bonds. The Labute approximate surface area is 177 Å². The second-order valence-corrected chi connectivity index (χ2v) is 6.94. The molecule has 1 fully saturated rings. The fourth-order valence-electron chi connectivity index (χ4n) is 2.99. The molecule has 1 aliphatic rings. The number of amides is 1. The normalized spacial score (nSPS) is 16.7. The number of guanidine groups is 1. The molecule has 1 unspecified atom stereocenters. The van der Waals surface area contributed by atoms with Crippen LogP contribution in [0.2, 0.25) is 0 Å². The molecule has 7 nitrogen and oxygen atoms in total. The first-order valence-electron chi connectivity index (χ1n) is 9.68. The summed E-state index contributed by atoms with van der Waals surface area (Å²) in [7, 11) is 0. The van der Waals surface area contributed by atoms with E-state index >= 15 is 0 Å². The van der Waals surface area contributed by atoms with E-state index in [4.69, 9.17) is 10.5 Å². The summed E-state index contributed by atoms with van der Waals surface area (Å²) in [6.45, 7) is 1.19. The fraction of sp³-hybridized carbons (Fsp3) is 0.333. The molecule has 31 heavy (non-hydrogen) atoms. The summed E-state index contributed by atoms with van der Waals surface area (Å²) >= 11 is 0. The van der Waals surface area contributed by atoms with Crippen LogP contribution in [-0.4, -0.2) is 30.9 Å². The van der Waals surface area contributed by atoms with E-state index in [1.54, 1.807) is 6.07 Å². The van der Waals surface area contributed by atoms with Gasteiger partial charge < -0.3 is 25.8 Å². The molecule has 3 rings (SSSR count). The average molecular weight is 436 g/mol. The number of anilines is 1. The maximum absolute atomic E-state index is 12.2. The van der Waals surface area contributed by atoms with Crippen LogP contribution in [0.5, 0.6) is 5.75 Å². The van der Waals surface area contributed by atoms with Gasteiger partial charge in [-0.2, -0.15) is 0 Å². The average Bonchev–Trinajstić information content (AvgIpc) is 3.26. The first-order valence-corrected chi connectivity index (χ1v) is 9.68. The van der Waals surface area contributed by atoms with E-state index in [-0.39, 0.29) is 17.6 Å². The van der Waals surface area contributed by atoms with E-state index in [0.29, 0.717) is 30.9 Å². The Morgan fingerprint density at radius 1 is 1.19 bits per heavy atom. The van der Waals surface area contributed by atoms with Crippen LogP contribution in [0.25, 0.3) is 0 Å². The molecular formula is C21H23F3N4O3. The summed E-state index contributed by atoms with van der Waals surface area (Å²) in [5.74, 6) is -0.264. The number of rotatable bonds is 7. The van der Waals surface area contributed by atoms with Crippen molar-refractivity contribution < 1.29 is 27.4 Å². The third-order valence-electron chi connectivity index (χ3n) is 4.48. The molecule has 2 aromatic rings. The SMILES string of the molecule is NC(=NCc1cccc(NC(=O)C2CCCO2)c1)NCc1ccc(OC(F)(F)F)cc1. The van der Waals surface area contributed by atoms with Crippen molar-refractivity contribution in [1.29, 1.82) is 0 Å². The second kappa shape index (κ2) is 10.2. The van der Waals surface area contributed by atoms with Gasteiger partial charge in [-0.25, -0.2) is 4.99 Å². The summed E-state index contributed by atoms with van der Waals surface area (Å²) < 4.78 is 45.8. The lowest BCUT2D eigenvalue weighted by molar-refractivity contribution is -0.274. The van der Waals surface area contributed by atoms with Crippen LogP contribution < -0.4 is 21.1 Å². The highest BCUT2D eigenvalue weighted by atomic mass is 19.4. The molecule has 0 spiro atoms. The fourth-order valence-corrected chi connectivity index (χ4v) is 2.99. The standard InChI is InChI=1S/C21H23F3N4O3/c22-21(23,24)31-17-8-6-14(7-9-17)12-26-20(25)27-13-15-3-1-4-16(11-15)28-19(29)18-5-2-10-30-18/h1,3-4,6-9,11,18H,2,5,10,12-13H2,(H,28,29)(H3,25,26,27). The second-order valence-electron chi connectivity index (χ2n) is 6.94. The number of nitrogens with zero attached hydrogens (tertiary/aromatic N) is 1. The summed E-state index contributed by atoms with van der Waals surface area (Å²) in [6, 6.07) is 12.7. The van der Waals surface area contributed by atoms with E-state index in [2.05, 4.69) is 20.4 Å². The van der Waals surface area contributed by atoms with Gasteiger partial charge in [-0.1, -0.05) is 24.3 Å². The molecule has 1 saturated heterocycles. The van der Waals surface area contributed by atoms with E-state index < -0.39 is 12.5 Å². The molecule has 10 heteroatoms. The van der Waals surface area contributed by atoms with Crippen LogP contribution in [0.4, 0.5) is 18.9 Å². The lowest BCUT2D eigenvalue weighted by Crippen LogP contribution is -2.31. The number of alkyl halides is 3. The molecular weight excluding hydrogens is 413 g/mol. The van der Waals surface area contributed by atoms with Gasteiger partial charge in [0, 0.05) is 18.8 Å². The van der Waals surface area contributed by atoms with Gasteiger partial charge in [-0.05, 0) is 48.2 Å². The Hall–Kier alpha value is -3.27. The van der Waals surface area contributed by atoms with Crippen LogP contribution in [0.15, 0.2) is 53.5 Å². The Morgan fingerprint density at radius 2 is 1.97 bits per heavy atom. The lowest BCUT2D eigenvalue weighted by Gasteiger charge is -2.11. The van der Waals surface area contributed by atoms with Crippen molar-refractivity contribution in [3.05, 3.63) is 59.7 Å². The van der Waals surface area contributed by atoms with E-state index in [0.717, 1.165) is 18.4 Å². The van der Waals surface area contributed by atoms with Gasteiger partial charge in [-0.15, -0.1) is 13.2 Å². The molecule has 0 radical (unpaired) electrons. The molecule has 0 bridgehead atoms. The third kappa shape index (κ3) is 7.49. The largest absolute Gasteiger partial charge is 0.573 e. The van der Waals surface area contributed by atoms with Gasteiger partial charge in [0.25, 0.3) is 5.91 Å². The van der Waals surface area contributed by atoms with Crippen LogP contribution >= 0.6 is 0 Å². The van der Waals surface area contributed by atoms with Crippen molar-refractivity contribution in [3.8, 4) is 5.75 Å². The number of carbonyl (C=O) groups is 1. The molecule has 0 aromatic heterocycles. The Morgan fingerprint density at radius 3 is 2.65 bits per heavy atom. The maximum Gasteiger partial charge on any atom is 0.573 e. The number of hydrogen-bond donors (Lipinski definition) is 3. The van der Waals surface area contributed by atoms with Gasteiger partial charge in [0.05, 0.1) is 6.54 Å². The molecule has 1 heterocycles. The molecule has 0 aliphatic carbocycles. The van der Waals surface area contributed by atoms with Crippen molar-refractivity contribution in [2.24, 2.45) is 10.7 Å². The first-order chi connectivity index (χ1) is 14.8. The van der Waals surface area contributed by atoms with Gasteiger partial charge in [0.2, 0.25) is 0 Å². The predicted molar refractivity (Wildman–Crippen MR) is 109 cm³/mol. The van der Waals surface area contributed by atoms with Gasteiger partial charge in [0.15, 0.2) is 5.96 Å². The number of hydrogen-bond acceptors (Lipinski definition) is 4. The van der Waals surface area contributed by atoms with Crippen molar-refractivity contribution in [3.63, 3.8) is 0 Å². The number of benzene rings is 2. The monoisotopic (exact) mass is 436 g/mol. The van der Waals surface area contributed by atoms with Gasteiger partial charge >= 0.3 is 6.36 Å². The molecule has 0 saturated carbocycles.